The molecular weight excluding hydrogens is 356 g/mol. The molecule has 0 atom stereocenters. The number of ether oxygens (including phenoxy) is 2. The van der Waals surface area contributed by atoms with E-state index >= 15 is 0 Å². The van der Waals surface area contributed by atoms with Crippen LogP contribution in [0.4, 0.5) is 5.95 Å². The third kappa shape index (κ3) is 4.00. The van der Waals surface area contributed by atoms with Crippen LogP contribution in [0.5, 0.6) is 0 Å². The highest BCUT2D eigenvalue weighted by molar-refractivity contribution is 5.88. The summed E-state index contributed by atoms with van der Waals surface area (Å²) in [7, 11) is 0. The van der Waals surface area contributed by atoms with E-state index in [1.54, 1.807) is 6.20 Å². The number of rotatable bonds is 5. The lowest BCUT2D eigenvalue weighted by Crippen LogP contribution is -2.47. The second-order valence-electron chi connectivity index (χ2n) is 7.19. The Hall–Kier alpha value is -2.51. The average molecular weight is 382 g/mol. The maximum Gasteiger partial charge on any atom is 0.231 e. The van der Waals surface area contributed by atoms with Crippen molar-refractivity contribution in [1.82, 2.24) is 15.3 Å². The maximum absolute atomic E-state index is 13.2. The summed E-state index contributed by atoms with van der Waals surface area (Å²) in [6.45, 7) is 4.51. The quantitative estimate of drug-likeness (QED) is 0.848. The molecule has 28 heavy (non-hydrogen) atoms. The third-order valence-electron chi connectivity index (χ3n) is 5.53. The number of morpholine rings is 1. The van der Waals surface area contributed by atoms with Gasteiger partial charge in [0, 0.05) is 32.5 Å². The van der Waals surface area contributed by atoms with Crippen LogP contribution in [0.25, 0.3) is 0 Å². The van der Waals surface area contributed by atoms with Crippen molar-refractivity contribution in [2.45, 2.75) is 24.8 Å². The van der Waals surface area contributed by atoms with Gasteiger partial charge in [-0.1, -0.05) is 30.3 Å². The molecule has 2 aliphatic heterocycles. The molecule has 0 radical (unpaired) electrons. The van der Waals surface area contributed by atoms with Crippen molar-refractivity contribution in [3.05, 3.63) is 53.9 Å². The normalized spacial score (nSPS) is 19.2. The molecule has 2 aromatic rings. The maximum atomic E-state index is 13.2. The third-order valence-corrected chi connectivity index (χ3v) is 5.53. The first-order valence-electron chi connectivity index (χ1n) is 9.84. The Morgan fingerprint density at radius 2 is 1.75 bits per heavy atom. The number of nitrogens with one attached hydrogen (secondary N) is 1. The van der Waals surface area contributed by atoms with Crippen LogP contribution in [-0.4, -0.2) is 55.4 Å². The summed E-state index contributed by atoms with van der Waals surface area (Å²) in [5, 5.41) is 3.11. The largest absolute Gasteiger partial charge is 0.381 e. The standard InChI is InChI=1S/C21H26N4O3/c26-19(21(7-12-27-13-8-21)17-4-2-1-3-5-17)23-16-18-6-9-22-20(24-18)25-10-14-28-15-11-25/h1-6,9H,7-8,10-16H2,(H,23,26). The van der Waals surface area contributed by atoms with Gasteiger partial charge in [0.25, 0.3) is 0 Å². The van der Waals surface area contributed by atoms with Crippen LogP contribution in [-0.2, 0) is 26.2 Å². The highest BCUT2D eigenvalue weighted by Crippen LogP contribution is 2.35. The molecule has 4 rings (SSSR count). The minimum Gasteiger partial charge on any atom is -0.381 e. The van der Waals surface area contributed by atoms with Crippen molar-refractivity contribution in [1.29, 1.82) is 0 Å². The van der Waals surface area contributed by atoms with E-state index in [0.717, 1.165) is 24.3 Å². The van der Waals surface area contributed by atoms with Crippen LogP contribution >= 0.6 is 0 Å². The Bertz CT molecular complexity index is 787. The van der Waals surface area contributed by atoms with Gasteiger partial charge in [-0.15, -0.1) is 0 Å². The SMILES string of the molecule is O=C(NCc1ccnc(N2CCOCC2)n1)C1(c2ccccc2)CCOCC1. The van der Waals surface area contributed by atoms with E-state index in [9.17, 15) is 4.79 Å². The molecule has 0 bridgehead atoms. The molecule has 3 heterocycles. The van der Waals surface area contributed by atoms with Crippen LogP contribution in [0.15, 0.2) is 42.6 Å². The van der Waals surface area contributed by atoms with Gasteiger partial charge in [0.05, 0.1) is 30.9 Å². The monoisotopic (exact) mass is 382 g/mol. The first-order chi connectivity index (χ1) is 13.8. The van der Waals surface area contributed by atoms with Crippen molar-refractivity contribution in [3.8, 4) is 0 Å². The van der Waals surface area contributed by atoms with Crippen LogP contribution in [0, 0.1) is 0 Å². The molecule has 0 unspecified atom stereocenters. The van der Waals surface area contributed by atoms with E-state index in [0.29, 0.717) is 51.8 Å². The molecule has 0 saturated carbocycles. The van der Waals surface area contributed by atoms with Gasteiger partial charge in [-0.3, -0.25) is 4.79 Å². The summed E-state index contributed by atoms with van der Waals surface area (Å²) in [5.41, 5.74) is 1.31. The lowest BCUT2D eigenvalue weighted by Gasteiger charge is -2.36. The van der Waals surface area contributed by atoms with Gasteiger partial charge in [-0.25, -0.2) is 9.97 Å². The Balaban J connectivity index is 1.47. The number of carbonyl (C=O) groups excluding carboxylic acids is 1. The fourth-order valence-corrected chi connectivity index (χ4v) is 3.86. The van der Waals surface area contributed by atoms with Gasteiger partial charge in [-0.05, 0) is 24.5 Å². The molecule has 0 aliphatic carbocycles. The molecule has 2 aliphatic rings. The molecule has 1 aromatic heterocycles. The summed E-state index contributed by atoms with van der Waals surface area (Å²) in [6, 6.07) is 11.9. The van der Waals surface area contributed by atoms with E-state index in [4.69, 9.17) is 9.47 Å². The minimum absolute atomic E-state index is 0.0357. The number of carbonyl (C=O) groups is 1. The lowest BCUT2D eigenvalue weighted by molar-refractivity contribution is -0.130. The Kier molecular flexibility index (Phi) is 5.83. The van der Waals surface area contributed by atoms with Crippen LogP contribution in [0.1, 0.15) is 24.1 Å². The second-order valence-corrected chi connectivity index (χ2v) is 7.19. The second kappa shape index (κ2) is 8.67. The zero-order chi connectivity index (χ0) is 19.2. The van der Waals surface area contributed by atoms with Crippen molar-refractivity contribution in [3.63, 3.8) is 0 Å². The average Bonchev–Trinajstić information content (AvgIpc) is 2.79. The summed E-state index contributed by atoms with van der Waals surface area (Å²) in [6.07, 6.45) is 3.12. The van der Waals surface area contributed by atoms with Crippen LogP contribution in [0.3, 0.4) is 0 Å². The molecule has 2 saturated heterocycles. The highest BCUT2D eigenvalue weighted by atomic mass is 16.5. The highest BCUT2D eigenvalue weighted by Gasteiger charge is 2.41. The predicted molar refractivity (Wildman–Crippen MR) is 105 cm³/mol. The topological polar surface area (TPSA) is 76.6 Å². The van der Waals surface area contributed by atoms with Gasteiger partial charge in [0.1, 0.15) is 0 Å². The van der Waals surface area contributed by atoms with Crippen molar-refractivity contribution < 1.29 is 14.3 Å². The predicted octanol–water partition coefficient (Wildman–Crippen LogP) is 1.68. The van der Waals surface area contributed by atoms with E-state index in [1.807, 2.05) is 36.4 Å². The minimum atomic E-state index is -0.542. The van der Waals surface area contributed by atoms with Gasteiger partial charge in [0.2, 0.25) is 11.9 Å². The van der Waals surface area contributed by atoms with E-state index in [-0.39, 0.29) is 5.91 Å². The molecule has 1 aromatic carbocycles. The first kappa shape index (κ1) is 18.8. The number of amides is 1. The van der Waals surface area contributed by atoms with E-state index in [2.05, 4.69) is 20.2 Å². The fraction of sp³-hybridized carbons (Fsp3) is 0.476. The van der Waals surface area contributed by atoms with Gasteiger partial charge in [0.15, 0.2) is 0 Å². The molecule has 148 valence electrons. The number of benzene rings is 1. The number of anilines is 1. The summed E-state index contributed by atoms with van der Waals surface area (Å²) in [4.78, 5) is 24.4. The smallest absolute Gasteiger partial charge is 0.231 e. The summed E-state index contributed by atoms with van der Waals surface area (Å²) < 4.78 is 10.9. The molecule has 7 nitrogen and oxygen atoms in total. The molecular formula is C21H26N4O3. The van der Waals surface area contributed by atoms with Crippen molar-refractivity contribution >= 4 is 11.9 Å². The zero-order valence-electron chi connectivity index (χ0n) is 16.0. The number of hydrogen-bond acceptors (Lipinski definition) is 6. The van der Waals surface area contributed by atoms with Crippen molar-refractivity contribution in [2.24, 2.45) is 0 Å². The van der Waals surface area contributed by atoms with Gasteiger partial charge >= 0.3 is 0 Å². The summed E-state index contributed by atoms with van der Waals surface area (Å²) in [5.74, 6) is 0.729. The molecule has 1 N–H and O–H groups in total. The molecule has 1 amide bonds. The van der Waals surface area contributed by atoms with Crippen molar-refractivity contribution in [2.75, 3.05) is 44.4 Å². The Labute approximate surface area is 165 Å². The van der Waals surface area contributed by atoms with E-state index in [1.165, 1.54) is 0 Å². The molecule has 7 heteroatoms. The zero-order valence-corrected chi connectivity index (χ0v) is 16.0. The fourth-order valence-electron chi connectivity index (χ4n) is 3.86. The molecule has 2 fully saturated rings. The molecule has 0 spiro atoms. The lowest BCUT2D eigenvalue weighted by atomic mass is 9.73. The summed E-state index contributed by atoms with van der Waals surface area (Å²) >= 11 is 0. The number of aromatic nitrogens is 2. The van der Waals surface area contributed by atoms with Gasteiger partial charge in [-0.2, -0.15) is 0 Å². The van der Waals surface area contributed by atoms with E-state index < -0.39 is 5.41 Å². The Morgan fingerprint density at radius 1 is 1.04 bits per heavy atom. The van der Waals surface area contributed by atoms with Crippen LogP contribution in [0.2, 0.25) is 0 Å². The Morgan fingerprint density at radius 3 is 2.50 bits per heavy atom. The number of nitrogens with zero attached hydrogens (tertiary/aromatic N) is 3. The van der Waals surface area contributed by atoms with Gasteiger partial charge < -0.3 is 19.7 Å². The van der Waals surface area contributed by atoms with Crippen LogP contribution < -0.4 is 10.2 Å². The number of hydrogen-bond donors (Lipinski definition) is 1. The first-order valence-corrected chi connectivity index (χ1v) is 9.84.